The van der Waals surface area contributed by atoms with Gasteiger partial charge in [-0.25, -0.2) is 4.98 Å². The maximum Gasteiger partial charge on any atom is 0.232 e. The van der Waals surface area contributed by atoms with E-state index < -0.39 is 0 Å². The molecule has 3 aliphatic heterocycles. The Labute approximate surface area is 248 Å². The van der Waals surface area contributed by atoms with Crippen LogP contribution in [0.15, 0.2) is 54.6 Å². The summed E-state index contributed by atoms with van der Waals surface area (Å²) in [5.41, 5.74) is 8.07. The van der Waals surface area contributed by atoms with Gasteiger partial charge in [0.2, 0.25) is 17.4 Å². The van der Waals surface area contributed by atoms with Gasteiger partial charge in [-0.15, -0.1) is 0 Å². The van der Waals surface area contributed by atoms with E-state index >= 15 is 0 Å². The number of carbonyl (C=O) groups excluding carboxylic acids is 2. The lowest BCUT2D eigenvalue weighted by molar-refractivity contribution is 0.102. The molecule has 1 aliphatic carbocycles. The summed E-state index contributed by atoms with van der Waals surface area (Å²) in [4.78, 5) is 40.0. The molecule has 0 spiro atoms. The van der Waals surface area contributed by atoms with Crippen molar-refractivity contribution in [1.82, 2.24) is 14.4 Å². The molecule has 5 heterocycles. The number of aromatic nitrogens is 3. The zero-order valence-corrected chi connectivity index (χ0v) is 24.6. The highest BCUT2D eigenvalue weighted by Crippen LogP contribution is 2.54. The molecule has 9 rings (SSSR count). The van der Waals surface area contributed by atoms with Crippen LogP contribution in [-0.4, -0.2) is 39.0 Å². The van der Waals surface area contributed by atoms with Crippen LogP contribution in [0.4, 0.5) is 5.69 Å². The van der Waals surface area contributed by atoms with Crippen LogP contribution in [0.25, 0.3) is 28.3 Å². The molecule has 0 unspecified atom stereocenters. The van der Waals surface area contributed by atoms with Crippen LogP contribution in [0.5, 0.6) is 11.6 Å². The van der Waals surface area contributed by atoms with E-state index in [1.54, 1.807) is 24.3 Å². The van der Waals surface area contributed by atoms with Gasteiger partial charge in [-0.2, -0.15) is 4.98 Å². The predicted octanol–water partition coefficient (Wildman–Crippen LogP) is 5.22. The Bertz CT molecular complexity index is 2230. The van der Waals surface area contributed by atoms with Gasteiger partial charge in [0.1, 0.15) is 11.3 Å². The molecule has 5 aromatic rings. The average Bonchev–Trinajstić information content (AvgIpc) is 3.50. The summed E-state index contributed by atoms with van der Waals surface area (Å²) in [6.07, 6.45) is 4.26. The molecule has 0 saturated carbocycles. The van der Waals surface area contributed by atoms with Gasteiger partial charge in [-0.3, -0.25) is 14.0 Å². The number of Topliss-reactive ketones (excluding diaryl/α,β-unsaturated/α-hetero) is 2. The molecule has 0 saturated heterocycles. The molecule has 0 amide bonds. The lowest BCUT2D eigenvalue weighted by Crippen LogP contribution is -2.45. The van der Waals surface area contributed by atoms with Crippen molar-refractivity contribution >= 4 is 45.6 Å². The zero-order chi connectivity index (χ0) is 29.4. The van der Waals surface area contributed by atoms with Crippen LogP contribution in [0.2, 0.25) is 0 Å². The smallest absolute Gasteiger partial charge is 0.232 e. The molecule has 212 valence electrons. The van der Waals surface area contributed by atoms with Crippen LogP contribution < -0.4 is 20.3 Å². The van der Waals surface area contributed by atoms with Gasteiger partial charge < -0.3 is 9.64 Å². The van der Waals surface area contributed by atoms with E-state index in [9.17, 15) is 9.59 Å². The monoisotopic (exact) mass is 566 g/mol. The lowest BCUT2D eigenvalue weighted by Gasteiger charge is -2.49. The summed E-state index contributed by atoms with van der Waals surface area (Å²) in [6.45, 7) is 11.3. The van der Waals surface area contributed by atoms with Crippen molar-refractivity contribution in [3.63, 3.8) is 0 Å². The van der Waals surface area contributed by atoms with Crippen molar-refractivity contribution in [2.24, 2.45) is 0 Å². The number of imidazole rings is 1. The van der Waals surface area contributed by atoms with E-state index in [4.69, 9.17) is 14.7 Å². The molecular weight excluding hydrogens is 536 g/mol. The van der Waals surface area contributed by atoms with Crippen molar-refractivity contribution in [3.8, 4) is 11.6 Å². The molecule has 7 heteroatoms. The fraction of sp³-hybridized carbons (Fsp3) is 0.278. The van der Waals surface area contributed by atoms with Crippen LogP contribution in [0.1, 0.15) is 77.9 Å². The van der Waals surface area contributed by atoms with Crippen molar-refractivity contribution in [3.05, 3.63) is 93.1 Å². The SMILES string of the molecule is CC1(C)CCN2CCC(C)(C)c3c4c(cc1c32)C=c1c(nc(=C2C(=O)c3ccccc3C2=O)n2c1nc1ccccc12)O4. The highest BCUT2D eigenvalue weighted by atomic mass is 16.5. The first-order chi connectivity index (χ1) is 20.6. The summed E-state index contributed by atoms with van der Waals surface area (Å²) in [5, 5.41) is 0.745. The molecule has 7 nitrogen and oxygen atoms in total. The Balaban J connectivity index is 1.42. The summed E-state index contributed by atoms with van der Waals surface area (Å²) in [5.74, 6) is 0.537. The van der Waals surface area contributed by atoms with Gasteiger partial charge >= 0.3 is 0 Å². The second-order valence-electron chi connectivity index (χ2n) is 13.6. The zero-order valence-electron chi connectivity index (χ0n) is 24.6. The fourth-order valence-corrected chi connectivity index (χ4v) is 7.59. The highest BCUT2D eigenvalue weighted by Gasteiger charge is 2.43. The molecule has 0 fully saturated rings. The summed E-state index contributed by atoms with van der Waals surface area (Å²) >= 11 is 0. The van der Waals surface area contributed by atoms with E-state index in [0.29, 0.717) is 22.7 Å². The number of para-hydroxylation sites is 2. The van der Waals surface area contributed by atoms with Crippen LogP contribution >= 0.6 is 0 Å². The first kappa shape index (κ1) is 24.8. The Morgan fingerprint density at radius 1 is 0.837 bits per heavy atom. The molecular formula is C36H30N4O3. The van der Waals surface area contributed by atoms with Gasteiger partial charge in [0, 0.05) is 41.0 Å². The Morgan fingerprint density at radius 2 is 1.51 bits per heavy atom. The molecule has 2 aromatic heterocycles. The molecule has 43 heavy (non-hydrogen) atoms. The third kappa shape index (κ3) is 3.14. The number of anilines is 1. The van der Waals surface area contributed by atoms with Gasteiger partial charge in [0.05, 0.1) is 16.3 Å². The van der Waals surface area contributed by atoms with Crippen molar-refractivity contribution in [2.45, 2.75) is 51.4 Å². The standard InChI is InChI=1S/C36H30N4O3/c1-35(2)13-15-39-16-14-36(3,4)27-28(39)23(35)18-19-17-22-32-37-24-11-7-8-12-25(24)40(32)33(38-34(22)43-31(19)27)26-29(41)20-9-5-6-10-21(20)30(26)42/h5-12,17-18H,13-16H2,1-4H3. The van der Waals surface area contributed by atoms with E-state index in [2.05, 4.69) is 44.7 Å². The number of carbonyl (C=O) groups is 2. The topological polar surface area (TPSA) is 76.8 Å². The van der Waals surface area contributed by atoms with E-state index in [1.807, 2.05) is 28.7 Å². The van der Waals surface area contributed by atoms with Gasteiger partial charge in [-0.1, -0.05) is 64.1 Å². The molecule has 3 aromatic carbocycles. The first-order valence-electron chi connectivity index (χ1n) is 15.0. The summed E-state index contributed by atoms with van der Waals surface area (Å²) in [7, 11) is 0. The first-order valence-corrected chi connectivity index (χ1v) is 15.0. The molecule has 0 atom stereocenters. The third-order valence-electron chi connectivity index (χ3n) is 10.1. The minimum Gasteiger partial charge on any atom is -0.437 e. The van der Waals surface area contributed by atoms with E-state index in [1.165, 1.54) is 16.8 Å². The number of nitrogens with zero attached hydrogens (tertiary/aromatic N) is 4. The predicted molar refractivity (Wildman–Crippen MR) is 166 cm³/mol. The van der Waals surface area contributed by atoms with E-state index in [-0.39, 0.29) is 33.4 Å². The number of rotatable bonds is 0. The maximum atomic E-state index is 13.7. The maximum absolute atomic E-state index is 13.7. The minimum absolute atomic E-state index is 0.0331. The molecule has 0 N–H and O–H groups in total. The summed E-state index contributed by atoms with van der Waals surface area (Å²) in [6, 6.07) is 17.0. The summed E-state index contributed by atoms with van der Waals surface area (Å²) < 4.78 is 8.70. The van der Waals surface area contributed by atoms with Crippen molar-refractivity contribution in [2.75, 3.05) is 18.0 Å². The van der Waals surface area contributed by atoms with E-state index in [0.717, 1.165) is 53.5 Å². The minimum atomic E-state index is -0.324. The Hall–Kier alpha value is -4.78. The number of hydrogen-bond donors (Lipinski definition) is 0. The lowest BCUT2D eigenvalue weighted by atomic mass is 9.68. The van der Waals surface area contributed by atoms with Crippen LogP contribution in [0, 0.1) is 0 Å². The second-order valence-corrected chi connectivity index (χ2v) is 13.6. The van der Waals surface area contributed by atoms with Gasteiger partial charge in [0.25, 0.3) is 0 Å². The number of hydrogen-bond acceptors (Lipinski definition) is 6. The second kappa shape index (κ2) is 7.98. The number of ether oxygens (including phenoxy) is 1. The molecule has 4 aliphatic rings. The Morgan fingerprint density at radius 3 is 2.26 bits per heavy atom. The number of ketones is 2. The Kier molecular flexibility index (Phi) is 4.60. The quantitative estimate of drug-likeness (QED) is 0.251. The van der Waals surface area contributed by atoms with Crippen LogP contribution in [-0.2, 0) is 10.8 Å². The molecule has 0 bridgehead atoms. The third-order valence-corrected chi connectivity index (χ3v) is 10.1. The highest BCUT2D eigenvalue weighted by molar-refractivity contribution is 6.55. The fourth-order valence-electron chi connectivity index (χ4n) is 7.59. The van der Waals surface area contributed by atoms with Gasteiger partial charge in [-0.05, 0) is 53.5 Å². The van der Waals surface area contributed by atoms with Crippen molar-refractivity contribution in [1.29, 1.82) is 0 Å². The van der Waals surface area contributed by atoms with Crippen molar-refractivity contribution < 1.29 is 14.3 Å². The largest absolute Gasteiger partial charge is 0.437 e. The van der Waals surface area contributed by atoms with Crippen LogP contribution in [0.3, 0.4) is 0 Å². The normalized spacial score (nSPS) is 19.1. The average molecular weight is 567 g/mol. The number of benzene rings is 3. The molecule has 0 radical (unpaired) electrons. The number of fused-ring (bicyclic) bond motifs is 8. The van der Waals surface area contributed by atoms with Gasteiger partial charge in [0.15, 0.2) is 11.1 Å².